The maximum atomic E-state index is 14.2. The summed E-state index contributed by atoms with van der Waals surface area (Å²) in [4.78, 5) is 0. The maximum Gasteiger partial charge on any atom is 0.165 e. The van der Waals surface area contributed by atoms with Gasteiger partial charge in [-0.1, -0.05) is 12.8 Å². The summed E-state index contributed by atoms with van der Waals surface area (Å²) in [6.07, 6.45) is -7.83. The predicted molar refractivity (Wildman–Crippen MR) is 56.9 cm³/mol. The summed E-state index contributed by atoms with van der Waals surface area (Å²) >= 11 is 0. The molecule has 0 N–H and O–H groups in total. The van der Waals surface area contributed by atoms with E-state index in [4.69, 9.17) is 0 Å². The summed E-state index contributed by atoms with van der Waals surface area (Å²) in [7, 11) is 0. The van der Waals surface area contributed by atoms with Gasteiger partial charge in [0, 0.05) is 11.8 Å². The van der Waals surface area contributed by atoms with Gasteiger partial charge in [0.05, 0.1) is 0 Å². The number of rotatable bonds is 0. The third-order valence-corrected chi connectivity index (χ3v) is 5.24. The maximum absolute atomic E-state index is 14.2. The summed E-state index contributed by atoms with van der Waals surface area (Å²) in [5.74, 6) is -2.96. The van der Waals surface area contributed by atoms with Crippen molar-refractivity contribution in [3.8, 4) is 0 Å². The number of halogens is 5. The van der Waals surface area contributed by atoms with E-state index in [1.54, 1.807) is 0 Å². The normalized spacial score (nSPS) is 60.2. The molecule has 9 unspecified atom stereocenters. The predicted octanol–water partition coefficient (Wildman–Crippen LogP) is 3.74. The van der Waals surface area contributed by atoms with E-state index in [1.165, 1.54) is 0 Å². The number of hydrogen-bond donors (Lipinski definition) is 0. The fraction of sp³-hybridized carbons (Fsp3) is 1.00. The lowest BCUT2D eigenvalue weighted by molar-refractivity contribution is -0.0889. The minimum atomic E-state index is -2.51. The van der Waals surface area contributed by atoms with Crippen molar-refractivity contribution in [3.63, 3.8) is 0 Å². The second-order valence-corrected chi connectivity index (χ2v) is 5.99. The Hall–Kier alpha value is -0.350. The van der Waals surface area contributed by atoms with Gasteiger partial charge in [-0.2, -0.15) is 0 Å². The quantitative estimate of drug-likeness (QED) is 0.587. The Balaban J connectivity index is 1.94. The van der Waals surface area contributed by atoms with Crippen LogP contribution in [0.3, 0.4) is 0 Å². The van der Waals surface area contributed by atoms with Crippen LogP contribution in [0.4, 0.5) is 22.0 Å². The Bertz CT molecular complexity index is 323. The largest absolute Gasteiger partial charge is 0.247 e. The van der Waals surface area contributed by atoms with E-state index >= 15 is 0 Å². The Morgan fingerprint density at radius 2 is 1.00 bits per heavy atom. The van der Waals surface area contributed by atoms with Crippen molar-refractivity contribution in [2.24, 2.45) is 23.7 Å². The first-order chi connectivity index (χ1) is 8.54. The van der Waals surface area contributed by atoms with Crippen molar-refractivity contribution in [1.29, 1.82) is 0 Å². The van der Waals surface area contributed by atoms with Gasteiger partial charge >= 0.3 is 0 Å². The summed E-state index contributed by atoms with van der Waals surface area (Å²) in [6, 6.07) is 0. The molecule has 5 heteroatoms. The molecule has 3 aliphatic carbocycles. The minimum Gasteiger partial charge on any atom is -0.247 e. The molecular weight excluding hydrogens is 251 g/mol. The third-order valence-electron chi connectivity index (χ3n) is 5.24. The molecule has 0 saturated heterocycles. The topological polar surface area (TPSA) is 0 Å². The van der Waals surface area contributed by atoms with Crippen LogP contribution in [0.25, 0.3) is 0 Å². The van der Waals surface area contributed by atoms with Gasteiger partial charge < -0.3 is 0 Å². The molecule has 3 aliphatic rings. The van der Waals surface area contributed by atoms with Gasteiger partial charge in [-0.3, -0.25) is 0 Å². The van der Waals surface area contributed by atoms with E-state index in [0.29, 0.717) is 12.8 Å². The Morgan fingerprint density at radius 1 is 0.500 bits per heavy atom. The van der Waals surface area contributed by atoms with Crippen LogP contribution < -0.4 is 0 Å². The smallest absolute Gasteiger partial charge is 0.165 e. The molecule has 0 aromatic heterocycles. The Morgan fingerprint density at radius 3 is 1.61 bits per heavy atom. The summed E-state index contributed by atoms with van der Waals surface area (Å²) in [5, 5.41) is 0. The summed E-state index contributed by atoms with van der Waals surface area (Å²) in [6.45, 7) is 0. The number of fused-ring (bicyclic) bond motifs is 3. The van der Waals surface area contributed by atoms with Crippen LogP contribution in [0.2, 0.25) is 0 Å². The van der Waals surface area contributed by atoms with E-state index in [9.17, 15) is 22.0 Å². The fourth-order valence-electron chi connectivity index (χ4n) is 4.46. The van der Waals surface area contributed by atoms with Gasteiger partial charge in [0.2, 0.25) is 0 Å². The van der Waals surface area contributed by atoms with E-state index in [1.807, 2.05) is 0 Å². The van der Waals surface area contributed by atoms with Crippen LogP contribution in [-0.2, 0) is 0 Å². The van der Waals surface area contributed by atoms with Crippen molar-refractivity contribution in [3.05, 3.63) is 0 Å². The molecule has 3 saturated carbocycles. The lowest BCUT2D eigenvalue weighted by Gasteiger charge is -2.39. The zero-order valence-corrected chi connectivity index (χ0v) is 9.91. The molecule has 0 bridgehead atoms. The third kappa shape index (κ3) is 1.54. The standard InChI is InChI=1S/C13H17F5/c14-9-6-4-2-1-3-5(6)7-8(9)11(16)13(18)12(17)10(7)15/h5-13H,1-4H2. The molecule has 0 heterocycles. The highest BCUT2D eigenvalue weighted by molar-refractivity contribution is 5.10. The zero-order chi connectivity index (χ0) is 13.0. The molecule has 0 aliphatic heterocycles. The SMILES string of the molecule is FC1C(F)C(F)C2C3CCCCC3C(F)C2C1F. The van der Waals surface area contributed by atoms with Gasteiger partial charge in [-0.15, -0.1) is 0 Å². The molecule has 0 radical (unpaired) electrons. The second kappa shape index (κ2) is 4.34. The molecule has 3 fully saturated rings. The van der Waals surface area contributed by atoms with E-state index < -0.39 is 48.6 Å². The molecule has 0 aromatic rings. The molecule has 3 rings (SSSR count). The highest BCUT2D eigenvalue weighted by Gasteiger charge is 2.64. The zero-order valence-electron chi connectivity index (χ0n) is 9.91. The van der Waals surface area contributed by atoms with Crippen LogP contribution in [0.15, 0.2) is 0 Å². The van der Waals surface area contributed by atoms with Crippen LogP contribution in [0.1, 0.15) is 25.7 Å². The van der Waals surface area contributed by atoms with E-state index in [0.717, 1.165) is 12.8 Å². The molecule has 9 atom stereocenters. The summed E-state index contributed by atoms with van der Waals surface area (Å²) < 4.78 is 68.8. The van der Waals surface area contributed by atoms with Crippen LogP contribution in [0, 0.1) is 23.7 Å². The molecular formula is C13H17F5. The van der Waals surface area contributed by atoms with Crippen LogP contribution >= 0.6 is 0 Å². The van der Waals surface area contributed by atoms with E-state index in [2.05, 4.69) is 0 Å². The highest BCUT2D eigenvalue weighted by Crippen LogP contribution is 2.57. The number of hydrogen-bond acceptors (Lipinski definition) is 0. The lowest BCUT2D eigenvalue weighted by Crippen LogP contribution is -2.53. The first-order valence-corrected chi connectivity index (χ1v) is 6.74. The van der Waals surface area contributed by atoms with Gasteiger partial charge in [0.15, 0.2) is 12.3 Å². The van der Waals surface area contributed by atoms with Crippen molar-refractivity contribution in [1.82, 2.24) is 0 Å². The molecule has 0 aromatic carbocycles. The average Bonchev–Trinajstić information content (AvgIpc) is 2.68. The van der Waals surface area contributed by atoms with Crippen molar-refractivity contribution >= 4 is 0 Å². The lowest BCUT2D eigenvalue weighted by atomic mass is 9.71. The van der Waals surface area contributed by atoms with Gasteiger partial charge in [0.25, 0.3) is 0 Å². The first-order valence-electron chi connectivity index (χ1n) is 6.74. The van der Waals surface area contributed by atoms with Gasteiger partial charge in [-0.25, -0.2) is 22.0 Å². The average molecular weight is 268 g/mol. The van der Waals surface area contributed by atoms with Crippen molar-refractivity contribution in [2.75, 3.05) is 0 Å². The van der Waals surface area contributed by atoms with Gasteiger partial charge in [0.1, 0.15) is 18.5 Å². The monoisotopic (exact) mass is 268 g/mol. The molecule has 0 amide bonds. The molecule has 0 spiro atoms. The molecule has 0 nitrogen and oxygen atoms in total. The fourth-order valence-corrected chi connectivity index (χ4v) is 4.46. The molecule has 18 heavy (non-hydrogen) atoms. The van der Waals surface area contributed by atoms with Crippen LogP contribution in [0.5, 0.6) is 0 Å². The Labute approximate surface area is 103 Å². The molecule has 104 valence electrons. The van der Waals surface area contributed by atoms with Crippen molar-refractivity contribution < 1.29 is 22.0 Å². The highest BCUT2D eigenvalue weighted by atomic mass is 19.2. The van der Waals surface area contributed by atoms with Crippen LogP contribution in [-0.4, -0.2) is 30.9 Å². The summed E-state index contributed by atoms with van der Waals surface area (Å²) in [5.41, 5.74) is 0. The van der Waals surface area contributed by atoms with E-state index in [-0.39, 0.29) is 5.92 Å². The van der Waals surface area contributed by atoms with Gasteiger partial charge in [-0.05, 0) is 24.7 Å². The first kappa shape index (κ1) is 12.7. The second-order valence-electron chi connectivity index (χ2n) is 5.99. The Kier molecular flexibility index (Phi) is 3.06. The van der Waals surface area contributed by atoms with Crippen molar-refractivity contribution in [2.45, 2.75) is 56.5 Å². The number of alkyl halides is 5. The minimum absolute atomic E-state index is 0.308.